The van der Waals surface area contributed by atoms with Gasteiger partial charge in [-0.05, 0) is 11.6 Å². The Bertz CT molecular complexity index is 1150. The molecule has 2 aromatic carbocycles. The molecule has 2 atom stereocenters. The van der Waals surface area contributed by atoms with E-state index in [1.54, 1.807) is 18.3 Å². The highest BCUT2D eigenvalue weighted by Gasteiger charge is 2.38. The maximum absolute atomic E-state index is 12.8. The Kier molecular flexibility index (Phi) is 4.57. The van der Waals surface area contributed by atoms with E-state index in [0.717, 1.165) is 16.5 Å². The fourth-order valence-electron chi connectivity index (χ4n) is 3.40. The summed E-state index contributed by atoms with van der Waals surface area (Å²) in [6, 6.07) is 12.6. The van der Waals surface area contributed by atoms with Crippen molar-refractivity contribution in [1.29, 1.82) is 0 Å². The molecule has 1 aliphatic carbocycles. The number of Topliss-reactive ketones (excluding diaryl/α,β-unsaturated/α-hetero) is 2. The van der Waals surface area contributed by atoms with Gasteiger partial charge in [0.25, 0.3) is 0 Å². The lowest BCUT2D eigenvalue weighted by Gasteiger charge is -2.21. The van der Waals surface area contributed by atoms with Crippen LogP contribution in [0.25, 0.3) is 10.9 Å². The molecule has 0 saturated heterocycles. The van der Waals surface area contributed by atoms with Crippen molar-refractivity contribution in [2.45, 2.75) is 17.8 Å². The minimum absolute atomic E-state index is 0.0651. The number of fused-ring (bicyclic) bond motifs is 2. The van der Waals surface area contributed by atoms with Crippen molar-refractivity contribution in [2.75, 3.05) is 0 Å². The zero-order chi connectivity index (χ0) is 19.8. The van der Waals surface area contributed by atoms with Crippen molar-refractivity contribution in [3.8, 4) is 0 Å². The van der Waals surface area contributed by atoms with E-state index in [9.17, 15) is 19.5 Å². The zero-order valence-corrected chi connectivity index (χ0v) is 15.3. The number of hydrogen-bond acceptors (Lipinski definition) is 4. The molecule has 2 N–H and O–H groups in total. The number of ketones is 2. The van der Waals surface area contributed by atoms with Crippen molar-refractivity contribution in [1.82, 2.24) is 4.98 Å². The number of carboxylic acid groups (broad SMARTS) is 1. The van der Waals surface area contributed by atoms with Gasteiger partial charge in [-0.25, -0.2) is 4.79 Å². The Labute approximate surface area is 164 Å². The molecule has 1 aliphatic rings. The molecule has 0 saturated carbocycles. The molecule has 0 amide bonds. The predicted molar refractivity (Wildman–Crippen MR) is 106 cm³/mol. The van der Waals surface area contributed by atoms with Gasteiger partial charge in [0.15, 0.2) is 11.8 Å². The van der Waals surface area contributed by atoms with Gasteiger partial charge in [-0.1, -0.05) is 42.5 Å². The molecule has 0 fully saturated rings. The van der Waals surface area contributed by atoms with Crippen LogP contribution < -0.4 is 0 Å². The van der Waals surface area contributed by atoms with Gasteiger partial charge >= 0.3 is 5.97 Å². The number of benzene rings is 2. The molecule has 4 rings (SSSR count). The first-order valence-corrected chi connectivity index (χ1v) is 9.08. The number of carboxylic acids is 1. The third-order valence-electron chi connectivity index (χ3n) is 4.81. The number of aromatic amines is 1. The molecular formula is C21H15ClN2O4. The highest BCUT2D eigenvalue weighted by Crippen LogP contribution is 2.25. The first-order chi connectivity index (χ1) is 13.5. The van der Waals surface area contributed by atoms with Crippen LogP contribution in [-0.4, -0.2) is 44.8 Å². The average molecular weight is 395 g/mol. The molecular weight excluding hydrogens is 380 g/mol. The standard InChI is InChI=1S/C21H15ClN2O4/c22-17-18(20(26)14-7-2-1-6-13(14)19(17)25)24-16(21(27)28)9-11-10-23-15-8-4-3-5-12(11)15/h1-8,10,16-17,23H,9H2,(H,27,28)/t16-,17?/m1/s1. The zero-order valence-electron chi connectivity index (χ0n) is 14.6. The van der Waals surface area contributed by atoms with E-state index >= 15 is 0 Å². The van der Waals surface area contributed by atoms with Gasteiger partial charge in [-0.15, -0.1) is 11.6 Å². The SMILES string of the molecule is O=C1C(=N[C@H](Cc2c[nH]c3ccccc23)C(=O)O)C(Cl)C(=O)c2ccccc21. The summed E-state index contributed by atoms with van der Waals surface area (Å²) >= 11 is 6.18. The van der Waals surface area contributed by atoms with Gasteiger partial charge in [-0.3, -0.25) is 14.6 Å². The number of nitrogens with one attached hydrogen (secondary N) is 1. The van der Waals surface area contributed by atoms with E-state index in [2.05, 4.69) is 9.98 Å². The summed E-state index contributed by atoms with van der Waals surface area (Å²) in [6.45, 7) is 0. The lowest BCUT2D eigenvalue weighted by molar-refractivity contribution is -0.138. The molecule has 140 valence electrons. The highest BCUT2D eigenvalue weighted by atomic mass is 35.5. The molecule has 0 spiro atoms. The number of alkyl halides is 1. The summed E-state index contributed by atoms with van der Waals surface area (Å²) in [5.41, 5.74) is 1.84. The van der Waals surface area contributed by atoms with E-state index in [-0.39, 0.29) is 23.3 Å². The molecule has 3 aromatic rings. The van der Waals surface area contributed by atoms with E-state index in [1.807, 2.05) is 24.3 Å². The fourth-order valence-corrected chi connectivity index (χ4v) is 3.67. The number of carbonyl (C=O) groups excluding carboxylic acids is 2. The number of rotatable bonds is 4. The third kappa shape index (κ3) is 3.01. The van der Waals surface area contributed by atoms with Crippen LogP contribution in [-0.2, 0) is 11.2 Å². The van der Waals surface area contributed by atoms with Crippen LogP contribution in [0.2, 0.25) is 0 Å². The molecule has 0 bridgehead atoms. The number of halogens is 1. The quantitative estimate of drug-likeness (QED) is 0.663. The Morgan fingerprint density at radius 2 is 1.79 bits per heavy atom. The van der Waals surface area contributed by atoms with Crippen molar-refractivity contribution >= 4 is 45.8 Å². The van der Waals surface area contributed by atoms with Crippen LogP contribution in [0.15, 0.2) is 59.7 Å². The average Bonchev–Trinajstić information content (AvgIpc) is 3.11. The maximum Gasteiger partial charge on any atom is 0.328 e. The van der Waals surface area contributed by atoms with Crippen LogP contribution in [0.1, 0.15) is 26.3 Å². The van der Waals surface area contributed by atoms with E-state index in [1.165, 1.54) is 12.1 Å². The molecule has 28 heavy (non-hydrogen) atoms. The van der Waals surface area contributed by atoms with Gasteiger partial charge < -0.3 is 10.1 Å². The monoisotopic (exact) mass is 394 g/mol. The summed E-state index contributed by atoms with van der Waals surface area (Å²) in [6.07, 6.45) is 1.79. The predicted octanol–water partition coefficient (Wildman–Crippen LogP) is 3.29. The number of nitrogens with zero attached hydrogens (tertiary/aromatic N) is 1. The topological polar surface area (TPSA) is 99.6 Å². The molecule has 1 aromatic heterocycles. The van der Waals surface area contributed by atoms with Gasteiger partial charge in [-0.2, -0.15) is 0 Å². The minimum atomic E-state index is -1.30. The molecule has 0 aliphatic heterocycles. The molecule has 0 radical (unpaired) electrons. The second kappa shape index (κ2) is 7.05. The van der Waals surface area contributed by atoms with Crippen LogP contribution in [0, 0.1) is 0 Å². The fraction of sp³-hybridized carbons (Fsp3) is 0.143. The summed E-state index contributed by atoms with van der Waals surface area (Å²) in [5, 5.41) is 9.24. The Balaban J connectivity index is 1.73. The van der Waals surface area contributed by atoms with E-state index < -0.39 is 29.0 Å². The smallest absolute Gasteiger partial charge is 0.328 e. The number of carbonyl (C=O) groups is 3. The summed E-state index contributed by atoms with van der Waals surface area (Å²) in [4.78, 5) is 44.3. The normalized spacial score (nSPS) is 19.0. The Morgan fingerprint density at radius 1 is 1.11 bits per heavy atom. The first-order valence-electron chi connectivity index (χ1n) is 8.65. The van der Waals surface area contributed by atoms with Crippen LogP contribution in [0.3, 0.4) is 0 Å². The minimum Gasteiger partial charge on any atom is -0.480 e. The lowest BCUT2D eigenvalue weighted by atomic mass is 9.87. The number of para-hydroxylation sites is 1. The number of aromatic nitrogens is 1. The van der Waals surface area contributed by atoms with Crippen LogP contribution in [0.5, 0.6) is 0 Å². The molecule has 6 nitrogen and oxygen atoms in total. The van der Waals surface area contributed by atoms with Crippen LogP contribution >= 0.6 is 11.6 Å². The number of hydrogen-bond donors (Lipinski definition) is 2. The van der Waals surface area contributed by atoms with Gasteiger partial charge in [0.05, 0.1) is 0 Å². The van der Waals surface area contributed by atoms with Crippen molar-refractivity contribution in [3.05, 3.63) is 71.4 Å². The summed E-state index contributed by atoms with van der Waals surface area (Å²) in [7, 11) is 0. The lowest BCUT2D eigenvalue weighted by Crippen LogP contribution is -2.39. The maximum atomic E-state index is 12.8. The number of aliphatic carboxylic acids is 1. The van der Waals surface area contributed by atoms with Crippen molar-refractivity contribution in [3.63, 3.8) is 0 Å². The summed E-state index contributed by atoms with van der Waals surface area (Å²) in [5.74, 6) is -2.16. The third-order valence-corrected chi connectivity index (χ3v) is 5.21. The van der Waals surface area contributed by atoms with Crippen molar-refractivity contribution < 1.29 is 19.5 Å². The van der Waals surface area contributed by atoms with E-state index in [4.69, 9.17) is 11.6 Å². The second-order valence-corrected chi connectivity index (χ2v) is 6.97. The number of aliphatic imine (C=N–C) groups is 1. The molecule has 7 heteroatoms. The van der Waals surface area contributed by atoms with Gasteiger partial charge in [0.1, 0.15) is 11.1 Å². The molecule has 1 heterocycles. The first kappa shape index (κ1) is 18.1. The Morgan fingerprint density at radius 3 is 2.54 bits per heavy atom. The molecule has 1 unspecified atom stereocenters. The van der Waals surface area contributed by atoms with Crippen LogP contribution in [0.4, 0.5) is 0 Å². The highest BCUT2D eigenvalue weighted by molar-refractivity contribution is 6.64. The Hall–Kier alpha value is -3.25. The second-order valence-electron chi connectivity index (χ2n) is 6.53. The summed E-state index contributed by atoms with van der Waals surface area (Å²) < 4.78 is 0. The van der Waals surface area contributed by atoms with Gasteiger partial charge in [0, 0.05) is 34.6 Å². The number of H-pyrrole nitrogens is 1. The van der Waals surface area contributed by atoms with Crippen molar-refractivity contribution in [2.24, 2.45) is 4.99 Å². The van der Waals surface area contributed by atoms with Gasteiger partial charge in [0.2, 0.25) is 5.78 Å². The largest absolute Gasteiger partial charge is 0.480 e. The van der Waals surface area contributed by atoms with E-state index in [0.29, 0.717) is 0 Å².